The van der Waals surface area contributed by atoms with Crippen molar-refractivity contribution in [2.75, 3.05) is 0 Å². The summed E-state index contributed by atoms with van der Waals surface area (Å²) in [4.78, 5) is 36.9. The molecule has 1 aromatic heterocycles. The minimum absolute atomic E-state index is 0.154. The Morgan fingerprint density at radius 2 is 1.82 bits per heavy atom. The first-order valence-electron chi connectivity index (χ1n) is 8.37. The molecule has 0 fully saturated rings. The topological polar surface area (TPSA) is 81.7 Å². The van der Waals surface area contributed by atoms with Crippen molar-refractivity contribution in [3.05, 3.63) is 50.1 Å². The second kappa shape index (κ2) is 9.91. The van der Waals surface area contributed by atoms with Crippen LogP contribution in [0.2, 0.25) is 10.0 Å². The molecule has 1 N–H and O–H groups in total. The summed E-state index contributed by atoms with van der Waals surface area (Å²) in [6.07, 6.45) is -1.95. The highest BCUT2D eigenvalue weighted by Crippen LogP contribution is 2.28. The van der Waals surface area contributed by atoms with Crippen LogP contribution in [-0.4, -0.2) is 29.9 Å². The largest absolute Gasteiger partial charge is 0.477 e. The van der Waals surface area contributed by atoms with Gasteiger partial charge in [0.05, 0.1) is 16.4 Å². The molecular weight excluding hydrogens is 425 g/mol. The lowest BCUT2D eigenvalue weighted by atomic mass is 10.2. The fourth-order valence-electron chi connectivity index (χ4n) is 2.15. The number of hydrogen-bond donors (Lipinski definition) is 1. The van der Waals surface area contributed by atoms with Crippen LogP contribution in [0.25, 0.3) is 0 Å². The maximum Gasteiger partial charge on any atom is 0.347 e. The number of Topliss-reactive ketones (excluding diaryl/α,β-unsaturated/α-hetero) is 1. The van der Waals surface area contributed by atoms with Gasteiger partial charge in [-0.15, -0.1) is 11.3 Å². The Hall–Kier alpha value is -2.09. The Morgan fingerprint density at radius 3 is 2.46 bits per heavy atom. The number of nitrogens with one attached hydrogen (secondary N) is 1. The number of amides is 1. The fraction of sp³-hybridized carbons (Fsp3) is 0.316. The Morgan fingerprint density at radius 1 is 1.11 bits per heavy atom. The minimum atomic E-state index is -0.980. The highest BCUT2D eigenvalue weighted by atomic mass is 35.5. The van der Waals surface area contributed by atoms with Gasteiger partial charge in [-0.05, 0) is 44.2 Å². The van der Waals surface area contributed by atoms with Crippen LogP contribution in [0.4, 0.5) is 0 Å². The highest BCUT2D eigenvalue weighted by Gasteiger charge is 2.25. The van der Waals surface area contributed by atoms with E-state index in [1.807, 2.05) is 0 Å². The monoisotopic (exact) mass is 443 g/mol. The molecule has 1 amide bonds. The van der Waals surface area contributed by atoms with E-state index in [9.17, 15) is 14.4 Å². The maximum atomic E-state index is 12.5. The second-order valence-electron chi connectivity index (χ2n) is 5.95. The standard InChI is InChI=1S/C19H19Cl2NO5S/c1-10(18(24)17-7-5-14(28-17)9-22-12(3)23)27-19(25)11(2)26-16-6-4-13(20)8-15(16)21/h4-8,10-11H,9H2,1-3H3,(H,22,23). The number of benzene rings is 1. The molecule has 1 heterocycles. The summed E-state index contributed by atoms with van der Waals surface area (Å²) in [5, 5.41) is 3.37. The Kier molecular flexibility index (Phi) is 7.86. The molecule has 2 unspecified atom stereocenters. The van der Waals surface area contributed by atoms with Gasteiger partial charge in [0, 0.05) is 16.8 Å². The fourth-order valence-corrected chi connectivity index (χ4v) is 3.57. The molecule has 0 spiro atoms. The number of rotatable bonds is 8. The number of halogens is 2. The van der Waals surface area contributed by atoms with Gasteiger partial charge >= 0.3 is 5.97 Å². The molecule has 150 valence electrons. The summed E-state index contributed by atoms with van der Waals surface area (Å²) in [5.41, 5.74) is 0. The number of carbonyl (C=O) groups excluding carboxylic acids is 3. The number of hydrogen-bond acceptors (Lipinski definition) is 6. The lowest BCUT2D eigenvalue weighted by Gasteiger charge is -2.17. The van der Waals surface area contributed by atoms with E-state index in [1.165, 1.54) is 38.2 Å². The van der Waals surface area contributed by atoms with Gasteiger partial charge in [0.25, 0.3) is 0 Å². The summed E-state index contributed by atoms with van der Waals surface area (Å²) >= 11 is 13.1. The van der Waals surface area contributed by atoms with E-state index in [0.29, 0.717) is 16.4 Å². The molecule has 1 aromatic carbocycles. The van der Waals surface area contributed by atoms with Gasteiger partial charge in [-0.2, -0.15) is 0 Å². The summed E-state index contributed by atoms with van der Waals surface area (Å²) in [7, 11) is 0. The van der Waals surface area contributed by atoms with E-state index >= 15 is 0 Å². The number of carbonyl (C=O) groups is 3. The van der Waals surface area contributed by atoms with Crippen molar-refractivity contribution in [2.24, 2.45) is 0 Å². The van der Waals surface area contributed by atoms with Crippen molar-refractivity contribution in [3.63, 3.8) is 0 Å². The molecule has 0 radical (unpaired) electrons. The molecular formula is C19H19Cl2NO5S. The van der Waals surface area contributed by atoms with E-state index in [2.05, 4.69) is 5.32 Å². The highest BCUT2D eigenvalue weighted by molar-refractivity contribution is 7.14. The third-order valence-corrected chi connectivity index (χ3v) is 5.24. The van der Waals surface area contributed by atoms with E-state index in [4.69, 9.17) is 32.7 Å². The predicted octanol–water partition coefficient (Wildman–Crippen LogP) is 4.27. The summed E-state index contributed by atoms with van der Waals surface area (Å²) < 4.78 is 10.7. The van der Waals surface area contributed by atoms with Gasteiger partial charge in [0.2, 0.25) is 11.7 Å². The van der Waals surface area contributed by atoms with Crippen LogP contribution >= 0.6 is 34.5 Å². The molecule has 2 atom stereocenters. The lowest BCUT2D eigenvalue weighted by molar-refractivity contribution is -0.153. The van der Waals surface area contributed by atoms with Crippen molar-refractivity contribution in [1.29, 1.82) is 0 Å². The Bertz CT molecular complexity index is 883. The summed E-state index contributed by atoms with van der Waals surface area (Å²) in [5.74, 6) is -0.889. The van der Waals surface area contributed by atoms with Gasteiger partial charge in [-0.1, -0.05) is 23.2 Å². The molecule has 0 saturated carbocycles. The summed E-state index contributed by atoms with van der Waals surface area (Å²) in [6.45, 7) is 4.76. The minimum Gasteiger partial charge on any atom is -0.477 e. The van der Waals surface area contributed by atoms with Crippen LogP contribution in [0.1, 0.15) is 35.3 Å². The second-order valence-corrected chi connectivity index (χ2v) is 7.97. The van der Waals surface area contributed by atoms with Gasteiger partial charge < -0.3 is 14.8 Å². The van der Waals surface area contributed by atoms with Gasteiger partial charge in [0.15, 0.2) is 12.2 Å². The van der Waals surface area contributed by atoms with Crippen LogP contribution in [-0.2, 0) is 20.9 Å². The smallest absolute Gasteiger partial charge is 0.347 e. The van der Waals surface area contributed by atoms with Crippen molar-refractivity contribution in [1.82, 2.24) is 5.32 Å². The van der Waals surface area contributed by atoms with Gasteiger partial charge in [-0.25, -0.2) is 4.79 Å². The van der Waals surface area contributed by atoms with E-state index in [-0.39, 0.29) is 22.5 Å². The molecule has 9 heteroatoms. The van der Waals surface area contributed by atoms with E-state index in [0.717, 1.165) is 4.88 Å². The van der Waals surface area contributed by atoms with Crippen LogP contribution in [0.3, 0.4) is 0 Å². The SMILES string of the molecule is CC(=O)NCc1ccc(C(=O)C(C)OC(=O)C(C)Oc2ccc(Cl)cc2Cl)s1. The third-order valence-electron chi connectivity index (χ3n) is 3.61. The molecule has 0 aliphatic heterocycles. The van der Waals surface area contributed by atoms with Crippen molar-refractivity contribution in [3.8, 4) is 5.75 Å². The molecule has 28 heavy (non-hydrogen) atoms. The normalized spacial score (nSPS) is 12.8. The van der Waals surface area contributed by atoms with E-state index < -0.39 is 18.2 Å². The number of esters is 1. The quantitative estimate of drug-likeness (QED) is 0.486. The number of thiophene rings is 1. The molecule has 0 aliphatic rings. The first-order valence-corrected chi connectivity index (χ1v) is 9.94. The number of ether oxygens (including phenoxy) is 2. The van der Waals surface area contributed by atoms with Crippen molar-refractivity contribution in [2.45, 2.75) is 39.5 Å². The average molecular weight is 444 g/mol. The summed E-state index contributed by atoms with van der Waals surface area (Å²) in [6, 6.07) is 8.02. The average Bonchev–Trinajstić information content (AvgIpc) is 3.10. The Balaban J connectivity index is 1.93. The maximum absolute atomic E-state index is 12.5. The molecule has 0 aliphatic carbocycles. The van der Waals surface area contributed by atoms with Crippen molar-refractivity contribution < 1.29 is 23.9 Å². The zero-order chi connectivity index (χ0) is 20.8. The zero-order valence-electron chi connectivity index (χ0n) is 15.5. The Labute approximate surface area is 176 Å². The first-order chi connectivity index (χ1) is 13.2. The first kappa shape index (κ1) is 22.2. The van der Waals surface area contributed by atoms with Crippen LogP contribution in [0.15, 0.2) is 30.3 Å². The van der Waals surface area contributed by atoms with Crippen LogP contribution in [0.5, 0.6) is 5.75 Å². The van der Waals surface area contributed by atoms with E-state index in [1.54, 1.807) is 24.3 Å². The van der Waals surface area contributed by atoms with Crippen LogP contribution < -0.4 is 10.1 Å². The predicted molar refractivity (Wildman–Crippen MR) is 108 cm³/mol. The molecule has 6 nitrogen and oxygen atoms in total. The molecule has 0 saturated heterocycles. The molecule has 2 rings (SSSR count). The molecule has 2 aromatic rings. The van der Waals surface area contributed by atoms with Gasteiger partial charge in [-0.3, -0.25) is 9.59 Å². The zero-order valence-corrected chi connectivity index (χ0v) is 17.8. The number of ketones is 1. The lowest BCUT2D eigenvalue weighted by Crippen LogP contribution is -2.32. The van der Waals surface area contributed by atoms with Crippen molar-refractivity contribution >= 4 is 52.2 Å². The van der Waals surface area contributed by atoms with Crippen LogP contribution in [0, 0.1) is 0 Å². The molecule has 0 bridgehead atoms. The van der Waals surface area contributed by atoms with Gasteiger partial charge in [0.1, 0.15) is 5.75 Å². The third kappa shape index (κ3) is 6.22.